The van der Waals surface area contributed by atoms with Crippen molar-refractivity contribution in [1.29, 1.82) is 0 Å². The average molecular weight is 206 g/mol. The van der Waals surface area contributed by atoms with E-state index in [0.717, 1.165) is 32.1 Å². The molecule has 0 spiro atoms. The summed E-state index contributed by atoms with van der Waals surface area (Å²) < 4.78 is 5.34. The van der Waals surface area contributed by atoms with Crippen LogP contribution in [0.2, 0.25) is 0 Å². The van der Waals surface area contributed by atoms with Crippen LogP contribution in [-0.4, -0.2) is 37.4 Å². The fraction of sp³-hybridized carbons (Fsp3) is 0.583. The number of allylic oxidation sites excluding steroid dienone is 3. The van der Waals surface area contributed by atoms with Gasteiger partial charge in [0, 0.05) is 24.7 Å². The van der Waals surface area contributed by atoms with Gasteiger partial charge in [0.2, 0.25) is 0 Å². The molecule has 0 aromatic carbocycles. The second-order valence-corrected chi connectivity index (χ2v) is 4.56. The second kappa shape index (κ2) is 4.19. The maximum absolute atomic E-state index is 5.34. The summed E-state index contributed by atoms with van der Waals surface area (Å²) in [6.07, 6.45) is 8.28. The highest BCUT2D eigenvalue weighted by Gasteiger charge is 2.18. The number of aliphatic imine (C=N–C) groups is 1. The number of morpholine rings is 1. The van der Waals surface area contributed by atoms with Crippen LogP contribution in [0.4, 0.5) is 0 Å². The summed E-state index contributed by atoms with van der Waals surface area (Å²) in [5.74, 6) is 1.08. The van der Waals surface area contributed by atoms with Crippen LogP contribution in [0.1, 0.15) is 13.8 Å². The SMILES string of the molecule is CC1(C)C=CC=NC(N2CCOCC2)=C1. The molecule has 2 heterocycles. The highest BCUT2D eigenvalue weighted by Crippen LogP contribution is 2.24. The lowest BCUT2D eigenvalue weighted by Crippen LogP contribution is -2.35. The third-order valence-electron chi connectivity index (χ3n) is 2.65. The highest BCUT2D eigenvalue weighted by molar-refractivity contribution is 5.73. The predicted octanol–water partition coefficient (Wildman–Crippen LogP) is 1.83. The van der Waals surface area contributed by atoms with Gasteiger partial charge in [-0.05, 0) is 12.2 Å². The van der Waals surface area contributed by atoms with Crippen molar-refractivity contribution in [1.82, 2.24) is 4.90 Å². The Bertz CT molecular complexity index is 310. The van der Waals surface area contributed by atoms with Gasteiger partial charge in [-0.1, -0.05) is 19.9 Å². The highest BCUT2D eigenvalue weighted by atomic mass is 16.5. The summed E-state index contributed by atoms with van der Waals surface area (Å²) in [5, 5.41) is 0. The molecule has 1 saturated heterocycles. The van der Waals surface area contributed by atoms with E-state index in [1.54, 1.807) is 0 Å². The van der Waals surface area contributed by atoms with Crippen LogP contribution in [0.25, 0.3) is 0 Å². The first kappa shape index (κ1) is 10.4. The van der Waals surface area contributed by atoms with E-state index in [-0.39, 0.29) is 5.41 Å². The van der Waals surface area contributed by atoms with E-state index in [1.165, 1.54) is 0 Å². The molecular weight excluding hydrogens is 188 g/mol. The van der Waals surface area contributed by atoms with Crippen molar-refractivity contribution < 1.29 is 4.74 Å². The summed E-state index contributed by atoms with van der Waals surface area (Å²) in [4.78, 5) is 6.75. The number of rotatable bonds is 1. The van der Waals surface area contributed by atoms with Gasteiger partial charge in [0.1, 0.15) is 5.82 Å². The summed E-state index contributed by atoms with van der Waals surface area (Å²) in [5.41, 5.74) is 0.0874. The maximum atomic E-state index is 5.34. The third-order valence-corrected chi connectivity index (χ3v) is 2.65. The van der Waals surface area contributed by atoms with Gasteiger partial charge in [-0.25, -0.2) is 4.99 Å². The normalized spacial score (nSPS) is 24.9. The zero-order valence-corrected chi connectivity index (χ0v) is 9.44. The van der Waals surface area contributed by atoms with Gasteiger partial charge < -0.3 is 9.64 Å². The number of hydrogen-bond acceptors (Lipinski definition) is 3. The van der Waals surface area contributed by atoms with E-state index >= 15 is 0 Å². The molecule has 2 aliphatic rings. The minimum Gasteiger partial charge on any atom is -0.378 e. The van der Waals surface area contributed by atoms with E-state index in [2.05, 4.69) is 35.9 Å². The molecule has 0 aromatic rings. The molecule has 3 nitrogen and oxygen atoms in total. The Hall–Kier alpha value is -1.09. The number of nitrogens with zero attached hydrogens (tertiary/aromatic N) is 2. The van der Waals surface area contributed by atoms with E-state index in [9.17, 15) is 0 Å². The van der Waals surface area contributed by atoms with Crippen molar-refractivity contribution in [3.63, 3.8) is 0 Å². The largest absolute Gasteiger partial charge is 0.378 e. The monoisotopic (exact) mass is 206 g/mol. The van der Waals surface area contributed by atoms with Crippen molar-refractivity contribution in [2.75, 3.05) is 26.3 Å². The Kier molecular flexibility index (Phi) is 2.91. The molecule has 0 aromatic heterocycles. The summed E-state index contributed by atoms with van der Waals surface area (Å²) in [6.45, 7) is 7.89. The fourth-order valence-corrected chi connectivity index (χ4v) is 1.79. The van der Waals surface area contributed by atoms with E-state index < -0.39 is 0 Å². The van der Waals surface area contributed by atoms with E-state index in [1.807, 2.05) is 12.3 Å². The van der Waals surface area contributed by atoms with Crippen molar-refractivity contribution in [3.8, 4) is 0 Å². The molecule has 0 aliphatic carbocycles. The Morgan fingerprint density at radius 1 is 1.33 bits per heavy atom. The first-order valence-electron chi connectivity index (χ1n) is 5.45. The van der Waals surface area contributed by atoms with Gasteiger partial charge in [-0.2, -0.15) is 0 Å². The fourth-order valence-electron chi connectivity index (χ4n) is 1.79. The van der Waals surface area contributed by atoms with E-state index in [0.29, 0.717) is 0 Å². The molecule has 82 valence electrons. The third kappa shape index (κ3) is 2.69. The van der Waals surface area contributed by atoms with Crippen LogP contribution in [0.3, 0.4) is 0 Å². The smallest absolute Gasteiger partial charge is 0.125 e. The van der Waals surface area contributed by atoms with Crippen molar-refractivity contribution in [2.45, 2.75) is 13.8 Å². The topological polar surface area (TPSA) is 24.8 Å². The molecular formula is C12H18N2O. The second-order valence-electron chi connectivity index (χ2n) is 4.56. The zero-order valence-electron chi connectivity index (χ0n) is 9.44. The lowest BCUT2D eigenvalue weighted by atomic mass is 9.93. The van der Waals surface area contributed by atoms with Gasteiger partial charge in [-0.15, -0.1) is 0 Å². The van der Waals surface area contributed by atoms with Gasteiger partial charge in [-0.3, -0.25) is 0 Å². The van der Waals surface area contributed by atoms with Crippen LogP contribution in [0, 0.1) is 5.41 Å². The van der Waals surface area contributed by atoms with Gasteiger partial charge in [0.15, 0.2) is 0 Å². The molecule has 0 amide bonds. The lowest BCUT2D eigenvalue weighted by Gasteiger charge is -2.30. The molecule has 15 heavy (non-hydrogen) atoms. The molecule has 0 radical (unpaired) electrons. The summed E-state index contributed by atoms with van der Waals surface area (Å²) in [6, 6.07) is 0. The van der Waals surface area contributed by atoms with Crippen LogP contribution in [-0.2, 0) is 4.74 Å². The Labute approximate surface area is 91.1 Å². The van der Waals surface area contributed by atoms with E-state index in [4.69, 9.17) is 4.74 Å². The number of hydrogen-bond donors (Lipinski definition) is 0. The van der Waals surface area contributed by atoms with Crippen molar-refractivity contribution in [2.24, 2.45) is 10.4 Å². The van der Waals surface area contributed by atoms with Crippen LogP contribution in [0.15, 0.2) is 29.0 Å². The quantitative estimate of drug-likeness (QED) is 0.654. The average Bonchev–Trinajstić information content (AvgIpc) is 2.41. The molecule has 3 heteroatoms. The standard InChI is InChI=1S/C12H18N2O/c1-12(2)4-3-5-13-11(10-12)14-6-8-15-9-7-14/h3-5,10H,6-9H2,1-2H3. The first-order chi connectivity index (χ1) is 7.17. The van der Waals surface area contributed by atoms with Crippen LogP contribution < -0.4 is 0 Å². The molecule has 0 saturated carbocycles. The number of ether oxygens (including phenoxy) is 1. The predicted molar refractivity (Wildman–Crippen MR) is 61.9 cm³/mol. The Morgan fingerprint density at radius 2 is 2.07 bits per heavy atom. The van der Waals surface area contributed by atoms with Gasteiger partial charge >= 0.3 is 0 Å². The Morgan fingerprint density at radius 3 is 2.80 bits per heavy atom. The Balaban J connectivity index is 2.16. The molecule has 0 N–H and O–H groups in total. The molecule has 0 atom stereocenters. The minimum absolute atomic E-state index is 0.0874. The maximum Gasteiger partial charge on any atom is 0.125 e. The summed E-state index contributed by atoms with van der Waals surface area (Å²) in [7, 11) is 0. The van der Waals surface area contributed by atoms with Crippen molar-refractivity contribution in [3.05, 3.63) is 24.0 Å². The first-order valence-corrected chi connectivity index (χ1v) is 5.45. The van der Waals surface area contributed by atoms with Crippen molar-refractivity contribution >= 4 is 6.21 Å². The molecule has 2 aliphatic heterocycles. The lowest BCUT2D eigenvalue weighted by molar-refractivity contribution is 0.0527. The summed E-state index contributed by atoms with van der Waals surface area (Å²) >= 11 is 0. The minimum atomic E-state index is 0.0874. The molecule has 2 rings (SSSR count). The zero-order chi connectivity index (χ0) is 10.7. The van der Waals surface area contributed by atoms with Gasteiger partial charge in [0.05, 0.1) is 13.2 Å². The van der Waals surface area contributed by atoms with Crippen LogP contribution >= 0.6 is 0 Å². The van der Waals surface area contributed by atoms with Crippen LogP contribution in [0.5, 0.6) is 0 Å². The van der Waals surface area contributed by atoms with Gasteiger partial charge in [0.25, 0.3) is 0 Å². The molecule has 0 bridgehead atoms. The molecule has 1 fully saturated rings. The molecule has 0 unspecified atom stereocenters.